The van der Waals surface area contributed by atoms with Crippen molar-refractivity contribution in [1.29, 1.82) is 0 Å². The molecular formula is C23H19NO4S2. The average molecular weight is 438 g/mol. The SMILES string of the molecule is COc1ccc(N2C(=O)C(SCc3ccccc3)=C(c3cccs3)C2=O)c(OC)c1. The number of hydrogen-bond donors (Lipinski definition) is 0. The van der Waals surface area contributed by atoms with Crippen LogP contribution in [0.1, 0.15) is 10.4 Å². The van der Waals surface area contributed by atoms with Crippen LogP contribution >= 0.6 is 23.1 Å². The predicted octanol–water partition coefficient (Wildman–Crippen LogP) is 4.98. The standard InChI is InChI=1S/C23H19NO4S2/c1-27-16-10-11-17(18(13-16)28-2)24-22(25)20(19-9-6-12-29-19)21(23(24)26)30-14-15-7-4-3-5-8-15/h3-13H,14H2,1-2H3. The van der Waals surface area contributed by atoms with Crippen molar-refractivity contribution in [3.05, 3.63) is 81.4 Å². The van der Waals surface area contributed by atoms with Crippen LogP contribution in [0, 0.1) is 0 Å². The number of ether oxygens (including phenoxy) is 2. The molecule has 2 aromatic carbocycles. The number of thioether (sulfide) groups is 1. The number of nitrogens with zero attached hydrogens (tertiary/aromatic N) is 1. The van der Waals surface area contributed by atoms with E-state index in [2.05, 4.69) is 0 Å². The van der Waals surface area contributed by atoms with Gasteiger partial charge in [0.25, 0.3) is 11.8 Å². The van der Waals surface area contributed by atoms with E-state index in [1.54, 1.807) is 25.3 Å². The quantitative estimate of drug-likeness (QED) is 0.488. The number of imide groups is 1. The van der Waals surface area contributed by atoms with Crippen molar-refractivity contribution in [2.75, 3.05) is 19.1 Å². The van der Waals surface area contributed by atoms with Crippen LogP contribution in [0.15, 0.2) is 70.9 Å². The Morgan fingerprint density at radius 1 is 0.933 bits per heavy atom. The summed E-state index contributed by atoms with van der Waals surface area (Å²) in [5.74, 6) is 0.891. The van der Waals surface area contributed by atoms with E-state index in [1.807, 2.05) is 47.8 Å². The topological polar surface area (TPSA) is 55.8 Å². The average Bonchev–Trinajstić information content (AvgIpc) is 3.39. The molecule has 0 bridgehead atoms. The third-order valence-corrected chi connectivity index (χ3v) is 6.70. The Balaban J connectivity index is 1.73. The van der Waals surface area contributed by atoms with Crippen LogP contribution in [0.5, 0.6) is 11.5 Å². The molecule has 1 aliphatic heterocycles. The second kappa shape index (κ2) is 8.77. The third-order valence-electron chi connectivity index (χ3n) is 4.66. The fourth-order valence-corrected chi connectivity index (χ4v) is 5.09. The van der Waals surface area contributed by atoms with Crippen LogP contribution in [-0.4, -0.2) is 26.0 Å². The maximum absolute atomic E-state index is 13.4. The Bertz CT molecular complexity index is 1110. The molecule has 0 N–H and O–H groups in total. The Hall–Kier alpha value is -3.03. The van der Waals surface area contributed by atoms with Crippen LogP contribution in [-0.2, 0) is 15.3 Å². The Labute approximate surface area is 182 Å². The van der Waals surface area contributed by atoms with Crippen molar-refractivity contribution in [2.45, 2.75) is 5.75 Å². The molecule has 0 fully saturated rings. The first-order chi connectivity index (χ1) is 14.6. The van der Waals surface area contributed by atoms with E-state index in [0.717, 1.165) is 10.4 Å². The molecule has 152 valence electrons. The first-order valence-electron chi connectivity index (χ1n) is 9.19. The molecular weight excluding hydrogens is 418 g/mol. The van der Waals surface area contributed by atoms with Gasteiger partial charge in [-0.15, -0.1) is 23.1 Å². The largest absolute Gasteiger partial charge is 0.497 e. The van der Waals surface area contributed by atoms with Gasteiger partial charge in [0.1, 0.15) is 11.5 Å². The highest BCUT2D eigenvalue weighted by Crippen LogP contribution is 2.43. The summed E-state index contributed by atoms with van der Waals surface area (Å²) in [5, 5.41) is 1.90. The van der Waals surface area contributed by atoms with Gasteiger partial charge in [-0.05, 0) is 29.1 Å². The van der Waals surface area contributed by atoms with E-state index < -0.39 is 0 Å². The molecule has 0 saturated heterocycles. The Morgan fingerprint density at radius 3 is 2.40 bits per heavy atom. The first kappa shape index (κ1) is 20.3. The smallest absolute Gasteiger partial charge is 0.272 e. The molecule has 2 heterocycles. The van der Waals surface area contributed by atoms with Crippen LogP contribution < -0.4 is 14.4 Å². The van der Waals surface area contributed by atoms with Gasteiger partial charge in [0.05, 0.1) is 30.4 Å². The third kappa shape index (κ3) is 3.74. The lowest BCUT2D eigenvalue weighted by Gasteiger charge is -2.19. The molecule has 1 aliphatic rings. The van der Waals surface area contributed by atoms with Gasteiger partial charge in [0.2, 0.25) is 0 Å². The number of thiophene rings is 1. The number of hydrogen-bond acceptors (Lipinski definition) is 6. The molecule has 0 unspecified atom stereocenters. The van der Waals surface area contributed by atoms with Gasteiger partial charge in [-0.25, -0.2) is 4.90 Å². The van der Waals surface area contributed by atoms with E-state index in [4.69, 9.17) is 9.47 Å². The molecule has 30 heavy (non-hydrogen) atoms. The fraction of sp³-hybridized carbons (Fsp3) is 0.130. The van der Waals surface area contributed by atoms with E-state index in [-0.39, 0.29) is 11.8 Å². The molecule has 0 spiro atoms. The summed E-state index contributed by atoms with van der Waals surface area (Å²) in [5.41, 5.74) is 1.92. The predicted molar refractivity (Wildman–Crippen MR) is 121 cm³/mol. The number of carbonyl (C=O) groups excluding carboxylic acids is 2. The van der Waals surface area contributed by atoms with Crippen LogP contribution in [0.2, 0.25) is 0 Å². The summed E-state index contributed by atoms with van der Waals surface area (Å²) in [6.45, 7) is 0. The molecule has 0 atom stereocenters. The number of amides is 2. The molecule has 5 nitrogen and oxygen atoms in total. The lowest BCUT2D eigenvalue weighted by atomic mass is 10.2. The first-order valence-corrected chi connectivity index (χ1v) is 11.1. The van der Waals surface area contributed by atoms with Crippen molar-refractivity contribution >= 4 is 46.2 Å². The zero-order chi connectivity index (χ0) is 21.1. The minimum Gasteiger partial charge on any atom is -0.497 e. The monoisotopic (exact) mass is 437 g/mol. The van der Waals surface area contributed by atoms with Crippen molar-refractivity contribution in [3.8, 4) is 11.5 Å². The number of carbonyl (C=O) groups is 2. The highest BCUT2D eigenvalue weighted by Gasteiger charge is 2.41. The van der Waals surface area contributed by atoms with Gasteiger partial charge in [0, 0.05) is 16.7 Å². The summed E-state index contributed by atoms with van der Waals surface area (Å²) in [7, 11) is 3.05. The summed E-state index contributed by atoms with van der Waals surface area (Å²) in [6, 6.07) is 18.7. The summed E-state index contributed by atoms with van der Waals surface area (Å²) in [4.78, 5) is 29.2. The van der Waals surface area contributed by atoms with Gasteiger partial charge in [0.15, 0.2) is 0 Å². The van der Waals surface area contributed by atoms with E-state index in [1.165, 1.54) is 35.1 Å². The molecule has 7 heteroatoms. The highest BCUT2D eigenvalue weighted by atomic mass is 32.2. The van der Waals surface area contributed by atoms with Crippen molar-refractivity contribution in [2.24, 2.45) is 0 Å². The number of rotatable bonds is 7. The molecule has 4 rings (SSSR count). The van der Waals surface area contributed by atoms with Crippen LogP contribution in [0.4, 0.5) is 5.69 Å². The minimum atomic E-state index is -0.346. The molecule has 1 aromatic heterocycles. The van der Waals surface area contributed by atoms with Crippen molar-refractivity contribution in [3.63, 3.8) is 0 Å². The van der Waals surface area contributed by atoms with Gasteiger partial charge >= 0.3 is 0 Å². The fourth-order valence-electron chi connectivity index (χ4n) is 3.20. The Kier molecular flexibility index (Phi) is 5.92. The maximum atomic E-state index is 13.4. The lowest BCUT2D eigenvalue weighted by molar-refractivity contribution is -0.119. The summed E-state index contributed by atoms with van der Waals surface area (Å²) >= 11 is 2.83. The zero-order valence-corrected chi connectivity index (χ0v) is 18.1. The second-order valence-corrected chi connectivity index (χ2v) is 8.37. The van der Waals surface area contributed by atoms with E-state index in [0.29, 0.717) is 33.4 Å². The summed E-state index contributed by atoms with van der Waals surface area (Å²) in [6.07, 6.45) is 0. The molecule has 2 amide bonds. The number of benzene rings is 2. The van der Waals surface area contributed by atoms with E-state index >= 15 is 0 Å². The van der Waals surface area contributed by atoms with Gasteiger partial charge in [-0.1, -0.05) is 36.4 Å². The molecule has 0 aliphatic carbocycles. The second-order valence-electron chi connectivity index (χ2n) is 6.44. The normalized spacial score (nSPS) is 13.9. The number of methoxy groups -OCH3 is 2. The van der Waals surface area contributed by atoms with Gasteiger partial charge in [-0.3, -0.25) is 9.59 Å². The molecule has 0 saturated carbocycles. The van der Waals surface area contributed by atoms with Crippen molar-refractivity contribution < 1.29 is 19.1 Å². The van der Waals surface area contributed by atoms with E-state index in [9.17, 15) is 9.59 Å². The highest BCUT2D eigenvalue weighted by molar-refractivity contribution is 8.03. The van der Waals surface area contributed by atoms with Gasteiger partial charge < -0.3 is 9.47 Å². The molecule has 3 aromatic rings. The minimum absolute atomic E-state index is 0.340. The van der Waals surface area contributed by atoms with Crippen LogP contribution in [0.3, 0.4) is 0 Å². The zero-order valence-electron chi connectivity index (χ0n) is 16.5. The molecule has 0 radical (unpaired) electrons. The number of anilines is 1. The summed E-state index contributed by atoms with van der Waals surface area (Å²) < 4.78 is 10.7. The Morgan fingerprint density at radius 2 is 1.73 bits per heavy atom. The van der Waals surface area contributed by atoms with Crippen LogP contribution in [0.25, 0.3) is 5.57 Å². The van der Waals surface area contributed by atoms with Gasteiger partial charge in [-0.2, -0.15) is 0 Å². The lowest BCUT2D eigenvalue weighted by Crippen LogP contribution is -2.31. The maximum Gasteiger partial charge on any atom is 0.272 e. The van der Waals surface area contributed by atoms with Crippen molar-refractivity contribution in [1.82, 2.24) is 0 Å².